The highest BCUT2D eigenvalue weighted by molar-refractivity contribution is 6.10. The number of para-hydroxylation sites is 2. The Hall–Kier alpha value is -3.54. The number of allylic oxidation sites excluding steroid dienone is 1. The summed E-state index contributed by atoms with van der Waals surface area (Å²) in [5, 5.41) is 11.7. The van der Waals surface area contributed by atoms with Crippen LogP contribution in [-0.4, -0.2) is 21.6 Å². The van der Waals surface area contributed by atoms with E-state index in [9.17, 15) is 23.1 Å². The van der Waals surface area contributed by atoms with Crippen LogP contribution in [0.1, 0.15) is 5.56 Å². The number of aliphatic hydroxyl groups is 1. The van der Waals surface area contributed by atoms with E-state index in [0.717, 1.165) is 27.5 Å². The maximum absolute atomic E-state index is 12.5. The summed E-state index contributed by atoms with van der Waals surface area (Å²) < 4.78 is 39.4. The molecular formula is C22H14F3NO2. The van der Waals surface area contributed by atoms with Gasteiger partial charge in [-0.2, -0.15) is 13.2 Å². The van der Waals surface area contributed by atoms with Crippen LogP contribution in [0.4, 0.5) is 13.2 Å². The Balaban J connectivity index is 1.93. The van der Waals surface area contributed by atoms with Gasteiger partial charge in [-0.15, -0.1) is 0 Å². The molecule has 0 aliphatic carbocycles. The van der Waals surface area contributed by atoms with Gasteiger partial charge in [0, 0.05) is 28.1 Å². The van der Waals surface area contributed by atoms with Gasteiger partial charge in [-0.05, 0) is 36.4 Å². The number of fused-ring (bicyclic) bond motifs is 3. The van der Waals surface area contributed by atoms with Crippen LogP contribution in [0.15, 0.2) is 78.9 Å². The molecule has 1 N–H and O–H groups in total. The molecule has 0 radical (unpaired) electrons. The van der Waals surface area contributed by atoms with Crippen molar-refractivity contribution in [2.24, 2.45) is 0 Å². The average Bonchev–Trinajstić information content (AvgIpc) is 3.01. The molecule has 1 aromatic heterocycles. The van der Waals surface area contributed by atoms with Gasteiger partial charge < -0.3 is 9.67 Å². The van der Waals surface area contributed by atoms with Crippen molar-refractivity contribution in [3.63, 3.8) is 0 Å². The lowest BCUT2D eigenvalue weighted by Crippen LogP contribution is -2.20. The number of benzene rings is 3. The Bertz CT molecular complexity index is 1220. The maximum Gasteiger partial charge on any atom is 0.454 e. The minimum Gasteiger partial charge on any atom is -0.507 e. The normalized spacial score (nSPS) is 12.6. The molecule has 0 aliphatic rings. The van der Waals surface area contributed by atoms with Crippen LogP contribution in [0.5, 0.6) is 0 Å². The lowest BCUT2D eigenvalue weighted by molar-refractivity contribution is -0.165. The van der Waals surface area contributed by atoms with Crippen LogP contribution in [0, 0.1) is 0 Å². The van der Waals surface area contributed by atoms with Crippen molar-refractivity contribution >= 4 is 33.3 Å². The number of hydrogen-bond donors (Lipinski definition) is 1. The number of aromatic nitrogens is 1. The Morgan fingerprint density at radius 1 is 0.857 bits per heavy atom. The number of carbonyl (C=O) groups excluding carboxylic acids is 1. The number of hydrogen-bond acceptors (Lipinski definition) is 2. The molecule has 0 spiro atoms. The zero-order chi connectivity index (χ0) is 19.9. The molecule has 1 heterocycles. The van der Waals surface area contributed by atoms with E-state index < -0.39 is 17.7 Å². The summed E-state index contributed by atoms with van der Waals surface area (Å²) >= 11 is 0. The third kappa shape index (κ3) is 3.03. The highest BCUT2D eigenvalue weighted by Gasteiger charge is 2.37. The molecule has 0 saturated heterocycles. The number of nitrogens with zero attached hydrogens (tertiary/aromatic N) is 1. The van der Waals surface area contributed by atoms with Gasteiger partial charge in [0.2, 0.25) is 0 Å². The molecule has 4 rings (SSSR count). The standard InChI is InChI=1S/C22H14F3NO2/c23-22(24,25)21(28)13-20(27)14-10-11-19-17(12-14)16-8-4-5-9-18(16)26(19)15-6-2-1-3-7-15/h1-13,27H. The molecular weight excluding hydrogens is 367 g/mol. The Morgan fingerprint density at radius 2 is 1.50 bits per heavy atom. The van der Waals surface area contributed by atoms with Gasteiger partial charge in [0.15, 0.2) is 0 Å². The zero-order valence-electron chi connectivity index (χ0n) is 14.4. The third-order valence-electron chi connectivity index (χ3n) is 4.53. The number of aliphatic hydroxyl groups excluding tert-OH is 1. The van der Waals surface area contributed by atoms with Crippen molar-refractivity contribution in [2.75, 3.05) is 0 Å². The molecule has 6 heteroatoms. The summed E-state index contributed by atoms with van der Waals surface area (Å²) in [6.07, 6.45) is -4.82. The van der Waals surface area contributed by atoms with Crippen LogP contribution < -0.4 is 0 Å². The van der Waals surface area contributed by atoms with Crippen LogP contribution in [0.25, 0.3) is 33.3 Å². The SMILES string of the molecule is O=C(C=C(O)c1ccc2c(c1)c1ccccc1n2-c1ccccc1)C(F)(F)F. The summed E-state index contributed by atoms with van der Waals surface area (Å²) in [4.78, 5) is 11.1. The molecule has 0 fully saturated rings. The van der Waals surface area contributed by atoms with Crippen LogP contribution >= 0.6 is 0 Å². The smallest absolute Gasteiger partial charge is 0.454 e. The molecule has 28 heavy (non-hydrogen) atoms. The minimum absolute atomic E-state index is 0.140. The lowest BCUT2D eigenvalue weighted by atomic mass is 10.1. The van der Waals surface area contributed by atoms with E-state index in [2.05, 4.69) is 0 Å². The van der Waals surface area contributed by atoms with Crippen LogP contribution in [-0.2, 0) is 4.79 Å². The fourth-order valence-corrected chi connectivity index (χ4v) is 3.28. The molecule has 3 aromatic carbocycles. The predicted molar refractivity (Wildman–Crippen MR) is 102 cm³/mol. The second-order valence-corrected chi connectivity index (χ2v) is 6.31. The fourth-order valence-electron chi connectivity index (χ4n) is 3.28. The largest absolute Gasteiger partial charge is 0.507 e. The summed E-state index contributed by atoms with van der Waals surface area (Å²) in [5.74, 6) is -2.82. The van der Waals surface area contributed by atoms with E-state index in [4.69, 9.17) is 0 Å². The first-order valence-electron chi connectivity index (χ1n) is 8.47. The van der Waals surface area contributed by atoms with Gasteiger partial charge in [0.1, 0.15) is 5.76 Å². The van der Waals surface area contributed by atoms with Gasteiger partial charge in [-0.25, -0.2) is 0 Å². The molecule has 140 valence electrons. The molecule has 0 bridgehead atoms. The highest BCUT2D eigenvalue weighted by Crippen LogP contribution is 2.33. The first-order chi connectivity index (χ1) is 13.4. The summed E-state index contributed by atoms with van der Waals surface area (Å²) in [7, 11) is 0. The number of halogens is 3. The van der Waals surface area contributed by atoms with Crippen molar-refractivity contribution in [1.82, 2.24) is 4.57 Å². The summed E-state index contributed by atoms with van der Waals surface area (Å²) in [5.41, 5.74) is 2.84. The minimum atomic E-state index is -5.03. The van der Waals surface area contributed by atoms with Gasteiger partial charge in [0.05, 0.1) is 11.0 Å². The molecule has 0 amide bonds. The first kappa shape index (κ1) is 17.9. The Kier molecular flexibility index (Phi) is 4.19. The summed E-state index contributed by atoms with van der Waals surface area (Å²) in [6.45, 7) is 0. The topological polar surface area (TPSA) is 42.2 Å². The zero-order valence-corrected chi connectivity index (χ0v) is 14.4. The predicted octanol–water partition coefficient (Wildman–Crippen LogP) is 5.81. The monoisotopic (exact) mass is 381 g/mol. The van der Waals surface area contributed by atoms with Crippen LogP contribution in [0.3, 0.4) is 0 Å². The lowest BCUT2D eigenvalue weighted by Gasteiger charge is -2.08. The summed E-state index contributed by atoms with van der Waals surface area (Å²) in [6, 6.07) is 22.1. The third-order valence-corrected chi connectivity index (χ3v) is 4.53. The van der Waals surface area contributed by atoms with Crippen molar-refractivity contribution in [3.8, 4) is 5.69 Å². The van der Waals surface area contributed by atoms with E-state index in [1.54, 1.807) is 12.1 Å². The molecule has 0 unspecified atom stereocenters. The maximum atomic E-state index is 12.5. The molecule has 0 atom stereocenters. The molecule has 3 nitrogen and oxygen atoms in total. The first-order valence-corrected chi connectivity index (χ1v) is 8.47. The van der Waals surface area contributed by atoms with Crippen molar-refractivity contribution in [3.05, 3.63) is 84.4 Å². The van der Waals surface area contributed by atoms with E-state index in [-0.39, 0.29) is 11.6 Å². The molecule has 0 aliphatic heterocycles. The van der Waals surface area contributed by atoms with E-state index in [1.807, 2.05) is 59.2 Å². The van der Waals surface area contributed by atoms with Crippen molar-refractivity contribution in [2.45, 2.75) is 6.18 Å². The second kappa shape index (κ2) is 6.56. The van der Waals surface area contributed by atoms with Crippen LogP contribution in [0.2, 0.25) is 0 Å². The number of carbonyl (C=O) groups is 1. The number of ketones is 1. The van der Waals surface area contributed by atoms with Crippen molar-refractivity contribution in [1.29, 1.82) is 0 Å². The van der Waals surface area contributed by atoms with Gasteiger partial charge in [-0.1, -0.05) is 36.4 Å². The van der Waals surface area contributed by atoms with Gasteiger partial charge in [0.25, 0.3) is 5.78 Å². The Labute approximate surface area is 157 Å². The van der Waals surface area contributed by atoms with Gasteiger partial charge >= 0.3 is 6.18 Å². The van der Waals surface area contributed by atoms with E-state index in [0.29, 0.717) is 0 Å². The molecule has 0 saturated carbocycles. The van der Waals surface area contributed by atoms with Crippen molar-refractivity contribution < 1.29 is 23.1 Å². The number of alkyl halides is 3. The second-order valence-electron chi connectivity index (χ2n) is 6.31. The Morgan fingerprint density at radius 3 is 2.21 bits per heavy atom. The molecule has 4 aromatic rings. The average molecular weight is 381 g/mol. The fraction of sp³-hybridized carbons (Fsp3) is 0.0455. The quantitative estimate of drug-likeness (QED) is 0.359. The number of rotatable bonds is 3. The van der Waals surface area contributed by atoms with Gasteiger partial charge in [-0.3, -0.25) is 4.79 Å². The van der Waals surface area contributed by atoms with E-state index in [1.165, 1.54) is 6.07 Å². The highest BCUT2D eigenvalue weighted by atomic mass is 19.4. The van der Waals surface area contributed by atoms with E-state index >= 15 is 0 Å².